The van der Waals surface area contributed by atoms with Crippen molar-refractivity contribution in [3.63, 3.8) is 0 Å². The fourth-order valence-electron chi connectivity index (χ4n) is 1.85. The van der Waals surface area contributed by atoms with Crippen LogP contribution < -0.4 is 10.6 Å². The molecule has 0 saturated carbocycles. The Kier molecular flexibility index (Phi) is 11.8. The fraction of sp³-hybridized carbons (Fsp3) is 0.688. The first-order valence-electron chi connectivity index (χ1n) is 7.93. The molecule has 0 aromatic heterocycles. The summed E-state index contributed by atoms with van der Waals surface area (Å²) in [6.07, 6.45) is 8.37. The first-order chi connectivity index (χ1) is 10.5. The average molecular weight is 312 g/mol. The Morgan fingerprint density at radius 3 is 2.18 bits per heavy atom. The normalized spacial score (nSPS) is 11.1. The van der Waals surface area contributed by atoms with Crippen LogP contribution in [0.5, 0.6) is 0 Å². The summed E-state index contributed by atoms with van der Waals surface area (Å²) in [6, 6.07) is 0. The number of carboxylic acids is 1. The molecule has 0 rings (SSSR count). The van der Waals surface area contributed by atoms with Gasteiger partial charge in [0.2, 0.25) is 11.8 Å². The summed E-state index contributed by atoms with van der Waals surface area (Å²) in [5.74, 6) is -1.60. The van der Waals surface area contributed by atoms with Gasteiger partial charge in [0.05, 0.1) is 0 Å². The second-order valence-corrected chi connectivity index (χ2v) is 5.29. The zero-order chi connectivity index (χ0) is 16.8. The molecule has 3 N–H and O–H groups in total. The molecule has 0 aliphatic carbocycles. The zero-order valence-electron chi connectivity index (χ0n) is 13.6. The van der Waals surface area contributed by atoms with Gasteiger partial charge in [-0.25, -0.2) is 4.79 Å². The van der Waals surface area contributed by atoms with Crippen LogP contribution in [0.1, 0.15) is 58.8 Å². The number of hydrogen-bond acceptors (Lipinski definition) is 3. The van der Waals surface area contributed by atoms with Gasteiger partial charge in [0, 0.05) is 31.2 Å². The van der Waals surface area contributed by atoms with E-state index < -0.39 is 11.9 Å². The summed E-state index contributed by atoms with van der Waals surface area (Å²) in [5, 5.41) is 13.9. The molecule has 0 atom stereocenters. The van der Waals surface area contributed by atoms with E-state index in [-0.39, 0.29) is 18.0 Å². The molecule has 0 saturated heterocycles. The maximum absolute atomic E-state index is 11.5. The lowest BCUT2D eigenvalue weighted by Crippen LogP contribution is -2.34. The number of aliphatic carboxylic acids is 1. The highest BCUT2D eigenvalue weighted by Gasteiger charge is 2.04. The zero-order valence-corrected chi connectivity index (χ0v) is 13.6. The smallest absolute Gasteiger partial charge is 0.331 e. The molecule has 0 aliphatic rings. The van der Waals surface area contributed by atoms with E-state index in [0.29, 0.717) is 13.0 Å². The molecule has 2 amide bonds. The van der Waals surface area contributed by atoms with Crippen molar-refractivity contribution in [2.75, 3.05) is 13.1 Å². The van der Waals surface area contributed by atoms with E-state index in [0.717, 1.165) is 18.9 Å². The highest BCUT2D eigenvalue weighted by Crippen LogP contribution is 2.06. The molecule has 0 spiro atoms. The Morgan fingerprint density at radius 2 is 1.55 bits per heavy atom. The molecule has 0 fully saturated rings. The van der Waals surface area contributed by atoms with E-state index in [1.165, 1.54) is 32.6 Å². The van der Waals surface area contributed by atoms with Gasteiger partial charge in [0.1, 0.15) is 0 Å². The van der Waals surface area contributed by atoms with Crippen LogP contribution in [0.3, 0.4) is 0 Å². The standard InChI is InChI=1S/C16H28N2O4/c1-3-4-5-6-7-8-9-14(19)17-10-11-18-15(20)12-13(2)16(21)22/h12H,3-11H2,1-2H3,(H,17,19)(H,18,20)(H,21,22)/b13-12+. The van der Waals surface area contributed by atoms with E-state index >= 15 is 0 Å². The average Bonchev–Trinajstić information content (AvgIpc) is 2.47. The third-order valence-corrected chi connectivity index (χ3v) is 3.19. The fourth-order valence-corrected chi connectivity index (χ4v) is 1.85. The summed E-state index contributed by atoms with van der Waals surface area (Å²) in [7, 11) is 0. The van der Waals surface area contributed by atoms with Crippen LogP contribution in [-0.4, -0.2) is 36.0 Å². The molecule has 0 unspecified atom stereocenters. The molecule has 6 heteroatoms. The SMILES string of the molecule is CCCCCCCCC(=O)NCCNC(=O)/C=C(\C)C(=O)O. The second-order valence-electron chi connectivity index (χ2n) is 5.29. The summed E-state index contributed by atoms with van der Waals surface area (Å²) in [6.45, 7) is 4.15. The number of amides is 2. The molecule has 6 nitrogen and oxygen atoms in total. The maximum atomic E-state index is 11.5. The molecular weight excluding hydrogens is 284 g/mol. The van der Waals surface area contributed by atoms with Crippen LogP contribution in [-0.2, 0) is 14.4 Å². The molecule has 22 heavy (non-hydrogen) atoms. The minimum Gasteiger partial charge on any atom is -0.478 e. The molecule has 126 valence electrons. The number of carboxylic acid groups (broad SMARTS) is 1. The van der Waals surface area contributed by atoms with Crippen molar-refractivity contribution >= 4 is 17.8 Å². The molecule has 0 heterocycles. The molecule has 0 aliphatic heterocycles. The highest BCUT2D eigenvalue weighted by atomic mass is 16.4. The third-order valence-electron chi connectivity index (χ3n) is 3.19. The van der Waals surface area contributed by atoms with E-state index in [9.17, 15) is 14.4 Å². The quantitative estimate of drug-likeness (QED) is 0.379. The van der Waals surface area contributed by atoms with Gasteiger partial charge in [-0.05, 0) is 13.3 Å². The molecular formula is C16H28N2O4. The van der Waals surface area contributed by atoms with Crippen molar-refractivity contribution in [1.29, 1.82) is 0 Å². The summed E-state index contributed by atoms with van der Waals surface area (Å²) >= 11 is 0. The summed E-state index contributed by atoms with van der Waals surface area (Å²) in [4.78, 5) is 33.4. The second kappa shape index (κ2) is 12.9. The van der Waals surface area contributed by atoms with E-state index in [1.807, 2.05) is 0 Å². The van der Waals surface area contributed by atoms with Gasteiger partial charge in [-0.2, -0.15) is 0 Å². The largest absolute Gasteiger partial charge is 0.478 e. The highest BCUT2D eigenvalue weighted by molar-refractivity contribution is 5.97. The predicted molar refractivity (Wildman–Crippen MR) is 85.4 cm³/mol. The van der Waals surface area contributed by atoms with Crippen molar-refractivity contribution in [3.8, 4) is 0 Å². The van der Waals surface area contributed by atoms with Crippen molar-refractivity contribution < 1.29 is 19.5 Å². The number of nitrogens with one attached hydrogen (secondary N) is 2. The van der Waals surface area contributed by atoms with Crippen molar-refractivity contribution in [2.45, 2.75) is 58.8 Å². The van der Waals surface area contributed by atoms with Gasteiger partial charge in [-0.3, -0.25) is 9.59 Å². The van der Waals surface area contributed by atoms with Gasteiger partial charge in [0.25, 0.3) is 0 Å². The monoisotopic (exact) mass is 312 g/mol. The Bertz CT molecular complexity index is 392. The van der Waals surface area contributed by atoms with E-state index in [2.05, 4.69) is 17.6 Å². The van der Waals surface area contributed by atoms with Crippen LogP contribution in [0, 0.1) is 0 Å². The summed E-state index contributed by atoms with van der Waals surface area (Å²) in [5.41, 5.74) is -0.0235. The van der Waals surface area contributed by atoms with Gasteiger partial charge in [-0.15, -0.1) is 0 Å². The number of carbonyl (C=O) groups is 3. The van der Waals surface area contributed by atoms with Crippen LogP contribution in [0.2, 0.25) is 0 Å². The Labute approximate surface area is 132 Å². The van der Waals surface area contributed by atoms with Crippen molar-refractivity contribution in [2.24, 2.45) is 0 Å². The Balaban J connectivity index is 3.58. The van der Waals surface area contributed by atoms with Gasteiger partial charge in [0.15, 0.2) is 0 Å². The summed E-state index contributed by atoms with van der Waals surface area (Å²) < 4.78 is 0. The van der Waals surface area contributed by atoms with Crippen LogP contribution in [0.25, 0.3) is 0 Å². The Hall–Kier alpha value is -1.85. The van der Waals surface area contributed by atoms with Crippen molar-refractivity contribution in [3.05, 3.63) is 11.6 Å². The Morgan fingerprint density at radius 1 is 0.955 bits per heavy atom. The van der Waals surface area contributed by atoms with Crippen LogP contribution >= 0.6 is 0 Å². The first-order valence-corrected chi connectivity index (χ1v) is 7.93. The van der Waals surface area contributed by atoms with Crippen LogP contribution in [0.15, 0.2) is 11.6 Å². The van der Waals surface area contributed by atoms with Crippen molar-refractivity contribution in [1.82, 2.24) is 10.6 Å². The third kappa shape index (κ3) is 11.9. The lowest BCUT2D eigenvalue weighted by Gasteiger charge is -2.06. The number of unbranched alkanes of at least 4 members (excludes halogenated alkanes) is 5. The maximum Gasteiger partial charge on any atom is 0.331 e. The van der Waals surface area contributed by atoms with Gasteiger partial charge >= 0.3 is 5.97 Å². The predicted octanol–water partition coefficient (Wildman–Crippen LogP) is 2.00. The molecule has 0 aromatic rings. The topological polar surface area (TPSA) is 95.5 Å². The number of rotatable bonds is 12. The number of carbonyl (C=O) groups excluding carboxylic acids is 2. The van der Waals surface area contributed by atoms with E-state index in [1.54, 1.807) is 0 Å². The molecule has 0 aromatic carbocycles. The minimum atomic E-state index is -1.12. The lowest BCUT2D eigenvalue weighted by molar-refractivity contribution is -0.133. The minimum absolute atomic E-state index is 0.0120. The molecule has 0 bridgehead atoms. The lowest BCUT2D eigenvalue weighted by atomic mass is 10.1. The van der Waals surface area contributed by atoms with E-state index in [4.69, 9.17) is 5.11 Å². The number of hydrogen-bond donors (Lipinski definition) is 3. The van der Waals surface area contributed by atoms with Gasteiger partial charge in [-0.1, -0.05) is 39.0 Å². The van der Waals surface area contributed by atoms with Crippen LogP contribution in [0.4, 0.5) is 0 Å². The first kappa shape index (κ1) is 20.1. The molecule has 0 radical (unpaired) electrons. The van der Waals surface area contributed by atoms with Gasteiger partial charge < -0.3 is 15.7 Å².